The van der Waals surface area contributed by atoms with Crippen LogP contribution in [0, 0.1) is 25.2 Å². The van der Waals surface area contributed by atoms with Crippen molar-refractivity contribution < 1.29 is 9.53 Å². The molecule has 2 aromatic rings. The third-order valence-electron chi connectivity index (χ3n) is 3.54. The van der Waals surface area contributed by atoms with Crippen LogP contribution in [0.1, 0.15) is 11.1 Å². The molecule has 0 spiro atoms. The van der Waals surface area contributed by atoms with Crippen LogP contribution in [0.3, 0.4) is 0 Å². The first-order valence-corrected chi connectivity index (χ1v) is 7.91. The summed E-state index contributed by atoms with van der Waals surface area (Å²) < 4.78 is 5.23. The molecule has 0 aliphatic rings. The standard InChI is InChI=1S/C19H18ClN3O2/c1-12-4-7-18(25-3)17(8-12)23-19(24)14(10-21)11-22-16-9-15(20)6-5-13(16)2/h4-9,11,22H,1-3H3,(H,23,24)/b14-11-. The average molecular weight is 356 g/mol. The number of amides is 1. The summed E-state index contributed by atoms with van der Waals surface area (Å²) in [5.74, 6) is -0.00605. The Labute approximate surface area is 151 Å². The van der Waals surface area contributed by atoms with Crippen molar-refractivity contribution in [3.63, 3.8) is 0 Å². The van der Waals surface area contributed by atoms with Gasteiger partial charge in [-0.1, -0.05) is 23.7 Å². The Hall–Kier alpha value is -2.97. The van der Waals surface area contributed by atoms with Crippen LogP contribution in [0.15, 0.2) is 48.2 Å². The Morgan fingerprint density at radius 2 is 1.96 bits per heavy atom. The van der Waals surface area contributed by atoms with E-state index in [1.54, 1.807) is 24.3 Å². The minimum atomic E-state index is -0.529. The van der Waals surface area contributed by atoms with Gasteiger partial charge in [0.2, 0.25) is 0 Å². The molecule has 1 amide bonds. The Morgan fingerprint density at radius 3 is 2.64 bits per heavy atom. The Morgan fingerprint density at radius 1 is 1.20 bits per heavy atom. The van der Waals surface area contributed by atoms with Crippen molar-refractivity contribution in [2.45, 2.75) is 13.8 Å². The van der Waals surface area contributed by atoms with Crippen LogP contribution in [-0.4, -0.2) is 13.0 Å². The molecular formula is C19H18ClN3O2. The Kier molecular flexibility index (Phi) is 6.04. The molecule has 5 nitrogen and oxygen atoms in total. The lowest BCUT2D eigenvalue weighted by Crippen LogP contribution is -2.15. The van der Waals surface area contributed by atoms with Crippen LogP contribution in [0.5, 0.6) is 5.75 Å². The maximum absolute atomic E-state index is 12.4. The van der Waals surface area contributed by atoms with E-state index in [0.29, 0.717) is 16.5 Å². The van der Waals surface area contributed by atoms with E-state index in [0.717, 1.165) is 16.8 Å². The second-order valence-electron chi connectivity index (χ2n) is 5.43. The molecular weight excluding hydrogens is 338 g/mol. The van der Waals surface area contributed by atoms with Crippen molar-refractivity contribution in [2.75, 3.05) is 17.7 Å². The number of benzene rings is 2. The number of nitriles is 1. The van der Waals surface area contributed by atoms with Gasteiger partial charge in [-0.05, 0) is 49.2 Å². The lowest BCUT2D eigenvalue weighted by atomic mass is 10.2. The second-order valence-corrected chi connectivity index (χ2v) is 5.87. The summed E-state index contributed by atoms with van der Waals surface area (Å²) in [5, 5.41) is 15.5. The number of halogens is 1. The summed E-state index contributed by atoms with van der Waals surface area (Å²) >= 11 is 5.97. The van der Waals surface area contributed by atoms with E-state index < -0.39 is 5.91 Å². The van der Waals surface area contributed by atoms with E-state index in [9.17, 15) is 10.1 Å². The van der Waals surface area contributed by atoms with Crippen LogP contribution >= 0.6 is 11.6 Å². The van der Waals surface area contributed by atoms with Crippen LogP contribution in [0.25, 0.3) is 0 Å². The number of methoxy groups -OCH3 is 1. The minimum Gasteiger partial charge on any atom is -0.495 e. The third-order valence-corrected chi connectivity index (χ3v) is 3.77. The highest BCUT2D eigenvalue weighted by atomic mass is 35.5. The van der Waals surface area contributed by atoms with Crippen LogP contribution in [0.4, 0.5) is 11.4 Å². The molecule has 2 N–H and O–H groups in total. The molecule has 0 unspecified atom stereocenters. The first kappa shape index (κ1) is 18.4. The maximum Gasteiger partial charge on any atom is 0.267 e. The SMILES string of the molecule is COc1ccc(C)cc1NC(=O)/C(C#N)=C\Nc1cc(Cl)ccc1C. The van der Waals surface area contributed by atoms with Crippen molar-refractivity contribution in [2.24, 2.45) is 0 Å². The highest BCUT2D eigenvalue weighted by molar-refractivity contribution is 6.30. The number of aryl methyl sites for hydroxylation is 2. The molecule has 0 aromatic heterocycles. The van der Waals surface area contributed by atoms with Crippen molar-refractivity contribution in [1.29, 1.82) is 5.26 Å². The van der Waals surface area contributed by atoms with Crippen LogP contribution < -0.4 is 15.4 Å². The van der Waals surface area contributed by atoms with Gasteiger partial charge >= 0.3 is 0 Å². The molecule has 128 valence electrons. The summed E-state index contributed by atoms with van der Waals surface area (Å²) in [4.78, 5) is 12.4. The smallest absolute Gasteiger partial charge is 0.267 e. The zero-order valence-corrected chi connectivity index (χ0v) is 14.9. The number of hydrogen-bond donors (Lipinski definition) is 2. The molecule has 0 radical (unpaired) electrons. The number of anilines is 2. The Bertz CT molecular complexity index is 869. The molecule has 0 fully saturated rings. The van der Waals surface area contributed by atoms with Gasteiger partial charge in [0.05, 0.1) is 12.8 Å². The van der Waals surface area contributed by atoms with E-state index in [4.69, 9.17) is 16.3 Å². The van der Waals surface area contributed by atoms with E-state index in [1.807, 2.05) is 32.0 Å². The first-order chi connectivity index (χ1) is 11.9. The van der Waals surface area contributed by atoms with Gasteiger partial charge in [0.25, 0.3) is 5.91 Å². The predicted molar refractivity (Wildman–Crippen MR) is 99.9 cm³/mol. The highest BCUT2D eigenvalue weighted by Gasteiger charge is 2.12. The normalized spacial score (nSPS) is 10.8. The molecule has 0 atom stereocenters. The fraction of sp³-hybridized carbons (Fsp3) is 0.158. The number of hydrogen-bond acceptors (Lipinski definition) is 4. The molecule has 0 saturated carbocycles. The van der Waals surface area contributed by atoms with Gasteiger partial charge in [0.15, 0.2) is 0 Å². The largest absolute Gasteiger partial charge is 0.495 e. The predicted octanol–water partition coefficient (Wildman–Crippen LogP) is 4.42. The number of nitrogens with zero attached hydrogens (tertiary/aromatic N) is 1. The van der Waals surface area contributed by atoms with Gasteiger partial charge in [-0.25, -0.2) is 0 Å². The van der Waals surface area contributed by atoms with Gasteiger partial charge in [-0.2, -0.15) is 5.26 Å². The fourth-order valence-corrected chi connectivity index (χ4v) is 2.33. The van der Waals surface area contributed by atoms with Crippen molar-refractivity contribution in [3.05, 3.63) is 64.3 Å². The summed E-state index contributed by atoms with van der Waals surface area (Å²) in [6, 6.07) is 12.6. The summed E-state index contributed by atoms with van der Waals surface area (Å²) in [6.07, 6.45) is 1.36. The average Bonchev–Trinajstić information content (AvgIpc) is 2.58. The quantitative estimate of drug-likeness (QED) is 0.615. The molecule has 0 aliphatic carbocycles. The van der Waals surface area contributed by atoms with Crippen molar-refractivity contribution in [3.8, 4) is 11.8 Å². The van der Waals surface area contributed by atoms with Gasteiger partial charge in [0.1, 0.15) is 17.4 Å². The number of ether oxygens (including phenoxy) is 1. The maximum atomic E-state index is 12.4. The number of carbonyl (C=O) groups excluding carboxylic acids is 1. The topological polar surface area (TPSA) is 74.1 Å². The van der Waals surface area contributed by atoms with E-state index in [2.05, 4.69) is 10.6 Å². The van der Waals surface area contributed by atoms with Gasteiger partial charge in [-0.3, -0.25) is 4.79 Å². The van der Waals surface area contributed by atoms with Crippen molar-refractivity contribution in [1.82, 2.24) is 0 Å². The van der Waals surface area contributed by atoms with Crippen LogP contribution in [0.2, 0.25) is 5.02 Å². The molecule has 0 bridgehead atoms. The summed E-state index contributed by atoms with van der Waals surface area (Å²) in [6.45, 7) is 3.80. The van der Waals surface area contributed by atoms with Gasteiger partial charge in [0, 0.05) is 16.9 Å². The van der Waals surface area contributed by atoms with E-state index in [-0.39, 0.29) is 5.57 Å². The Balaban J connectivity index is 2.20. The molecule has 6 heteroatoms. The molecule has 0 heterocycles. The second kappa shape index (κ2) is 8.22. The highest BCUT2D eigenvalue weighted by Crippen LogP contribution is 2.26. The lowest BCUT2D eigenvalue weighted by molar-refractivity contribution is -0.112. The minimum absolute atomic E-state index is 0.0667. The zero-order valence-electron chi connectivity index (χ0n) is 14.2. The molecule has 0 aliphatic heterocycles. The molecule has 2 aromatic carbocycles. The van der Waals surface area contributed by atoms with E-state index >= 15 is 0 Å². The van der Waals surface area contributed by atoms with Crippen molar-refractivity contribution >= 4 is 28.9 Å². The lowest BCUT2D eigenvalue weighted by Gasteiger charge is -2.11. The number of carbonyl (C=O) groups is 1. The monoisotopic (exact) mass is 355 g/mol. The number of nitrogens with one attached hydrogen (secondary N) is 2. The summed E-state index contributed by atoms with van der Waals surface area (Å²) in [5.41, 5.74) is 3.07. The van der Waals surface area contributed by atoms with Gasteiger partial charge in [-0.15, -0.1) is 0 Å². The molecule has 0 saturated heterocycles. The molecule has 25 heavy (non-hydrogen) atoms. The van der Waals surface area contributed by atoms with Crippen LogP contribution in [-0.2, 0) is 4.79 Å². The third kappa shape index (κ3) is 4.75. The fourth-order valence-electron chi connectivity index (χ4n) is 2.16. The zero-order chi connectivity index (χ0) is 18.4. The first-order valence-electron chi connectivity index (χ1n) is 7.53. The van der Waals surface area contributed by atoms with Gasteiger partial charge < -0.3 is 15.4 Å². The molecule has 2 rings (SSSR count). The number of rotatable bonds is 5. The van der Waals surface area contributed by atoms with E-state index in [1.165, 1.54) is 13.3 Å². The summed E-state index contributed by atoms with van der Waals surface area (Å²) in [7, 11) is 1.52.